The maximum Gasteiger partial charge on any atom is 0.255 e. The van der Waals surface area contributed by atoms with Gasteiger partial charge >= 0.3 is 0 Å². The fourth-order valence-electron chi connectivity index (χ4n) is 5.45. The molecular formula is C26H28FN3O5S. The minimum absolute atomic E-state index is 0.0667. The van der Waals surface area contributed by atoms with E-state index in [0.29, 0.717) is 37.1 Å². The molecule has 0 saturated carbocycles. The molecule has 1 atom stereocenters. The third-order valence-electron chi connectivity index (χ3n) is 7.41. The quantitative estimate of drug-likeness (QED) is 0.619. The molecule has 2 fully saturated rings. The van der Waals surface area contributed by atoms with Crippen LogP contribution in [0, 0.1) is 12.7 Å². The molecule has 190 valence electrons. The van der Waals surface area contributed by atoms with Gasteiger partial charge < -0.3 is 4.90 Å². The molecule has 1 N–H and O–H groups in total. The number of amides is 3. The molecule has 2 aromatic rings. The molecule has 10 heteroatoms. The van der Waals surface area contributed by atoms with Crippen LogP contribution >= 0.6 is 0 Å². The summed E-state index contributed by atoms with van der Waals surface area (Å²) in [5.41, 5.74) is 3.42. The van der Waals surface area contributed by atoms with Gasteiger partial charge in [-0.05, 0) is 60.9 Å². The van der Waals surface area contributed by atoms with Gasteiger partial charge in [0.25, 0.3) is 5.91 Å². The third kappa shape index (κ3) is 4.67. The van der Waals surface area contributed by atoms with Crippen LogP contribution in [0.25, 0.3) is 0 Å². The number of carbonyl (C=O) groups is 3. The highest BCUT2D eigenvalue weighted by Crippen LogP contribution is 2.38. The van der Waals surface area contributed by atoms with Crippen LogP contribution in [-0.2, 0) is 31.9 Å². The Morgan fingerprint density at radius 2 is 1.72 bits per heavy atom. The summed E-state index contributed by atoms with van der Waals surface area (Å²) in [4.78, 5) is 38.4. The molecule has 3 aliphatic heterocycles. The molecule has 1 unspecified atom stereocenters. The zero-order chi connectivity index (χ0) is 25.6. The van der Waals surface area contributed by atoms with Gasteiger partial charge in [-0.1, -0.05) is 29.8 Å². The zero-order valence-electron chi connectivity index (χ0n) is 20.0. The topological polar surface area (TPSA) is 104 Å². The fraction of sp³-hybridized carbons (Fsp3) is 0.423. The molecule has 0 spiro atoms. The zero-order valence-corrected chi connectivity index (χ0v) is 20.8. The van der Waals surface area contributed by atoms with Crippen molar-refractivity contribution in [2.24, 2.45) is 0 Å². The van der Waals surface area contributed by atoms with Gasteiger partial charge in [-0.2, -0.15) is 0 Å². The van der Waals surface area contributed by atoms with E-state index in [9.17, 15) is 27.2 Å². The van der Waals surface area contributed by atoms with E-state index in [4.69, 9.17) is 0 Å². The number of fused-ring (bicyclic) bond motifs is 1. The molecule has 3 aliphatic rings. The third-order valence-corrected chi connectivity index (χ3v) is 9.26. The smallest absolute Gasteiger partial charge is 0.255 e. The predicted molar refractivity (Wildman–Crippen MR) is 130 cm³/mol. The van der Waals surface area contributed by atoms with Crippen LogP contribution in [0.15, 0.2) is 36.4 Å². The molecule has 3 heterocycles. The number of nitrogens with zero attached hydrogens (tertiary/aromatic N) is 2. The van der Waals surface area contributed by atoms with E-state index in [1.807, 2.05) is 31.2 Å². The minimum Gasteiger partial charge on any atom is -0.322 e. The first-order chi connectivity index (χ1) is 17.1. The van der Waals surface area contributed by atoms with Crippen molar-refractivity contribution in [2.75, 3.05) is 13.1 Å². The van der Waals surface area contributed by atoms with E-state index in [1.165, 1.54) is 21.3 Å². The van der Waals surface area contributed by atoms with Crippen LogP contribution in [0.2, 0.25) is 0 Å². The van der Waals surface area contributed by atoms with Gasteiger partial charge in [-0.25, -0.2) is 17.1 Å². The van der Waals surface area contributed by atoms with E-state index >= 15 is 0 Å². The Morgan fingerprint density at radius 3 is 2.39 bits per heavy atom. The minimum atomic E-state index is -3.49. The number of sulfonamides is 1. The molecule has 2 aromatic carbocycles. The van der Waals surface area contributed by atoms with Crippen LogP contribution in [0.1, 0.15) is 64.2 Å². The molecule has 2 saturated heterocycles. The van der Waals surface area contributed by atoms with Gasteiger partial charge in [0.15, 0.2) is 0 Å². The molecule has 0 aromatic heterocycles. The number of imide groups is 1. The van der Waals surface area contributed by atoms with Crippen molar-refractivity contribution >= 4 is 27.7 Å². The normalized spacial score (nSPS) is 21.6. The number of nitrogens with one attached hydrogen (secondary N) is 1. The Bertz CT molecular complexity index is 1330. The van der Waals surface area contributed by atoms with Crippen molar-refractivity contribution < 1.29 is 27.2 Å². The van der Waals surface area contributed by atoms with E-state index in [-0.39, 0.29) is 42.5 Å². The second-order valence-corrected chi connectivity index (χ2v) is 11.8. The van der Waals surface area contributed by atoms with E-state index < -0.39 is 33.7 Å². The molecular weight excluding hydrogens is 485 g/mol. The molecule has 0 aliphatic carbocycles. The Balaban J connectivity index is 1.31. The van der Waals surface area contributed by atoms with Crippen molar-refractivity contribution in [3.63, 3.8) is 0 Å². The van der Waals surface area contributed by atoms with E-state index in [0.717, 1.165) is 11.1 Å². The number of hydrogen-bond acceptors (Lipinski definition) is 5. The molecule has 3 amide bonds. The van der Waals surface area contributed by atoms with Gasteiger partial charge in [-0.3, -0.25) is 19.7 Å². The Hall–Kier alpha value is -3.11. The number of piperidine rings is 2. The maximum absolute atomic E-state index is 14.6. The van der Waals surface area contributed by atoms with Crippen molar-refractivity contribution in [2.45, 2.75) is 56.9 Å². The van der Waals surface area contributed by atoms with Crippen LogP contribution < -0.4 is 5.32 Å². The number of rotatable bonds is 5. The lowest BCUT2D eigenvalue weighted by atomic mass is 9.86. The standard InChI is InChI=1S/C26H28FN3O5S/c1-16-2-4-17(5-3-16)15-36(34,35)29-10-8-18(9-11-29)20-12-19(27)13-21-22(20)14-30(26(21)33)23-6-7-24(31)28-25(23)32/h2-5,12-13,18,23H,6-11,14-15H2,1H3,(H,28,31,32). The molecule has 0 bridgehead atoms. The summed E-state index contributed by atoms with van der Waals surface area (Å²) < 4.78 is 42.1. The summed E-state index contributed by atoms with van der Waals surface area (Å²) in [6.07, 6.45) is 1.40. The molecule has 8 nitrogen and oxygen atoms in total. The average molecular weight is 514 g/mol. The number of halogens is 1. The Morgan fingerprint density at radius 1 is 1.03 bits per heavy atom. The summed E-state index contributed by atoms with van der Waals surface area (Å²) in [5.74, 6) is -1.99. The lowest BCUT2D eigenvalue weighted by Gasteiger charge is -2.32. The first-order valence-electron chi connectivity index (χ1n) is 12.1. The van der Waals surface area contributed by atoms with E-state index in [2.05, 4.69) is 5.32 Å². The summed E-state index contributed by atoms with van der Waals surface area (Å²) >= 11 is 0. The van der Waals surface area contributed by atoms with Gasteiger partial charge in [0, 0.05) is 31.6 Å². The lowest BCUT2D eigenvalue weighted by Crippen LogP contribution is -2.52. The van der Waals surface area contributed by atoms with Crippen molar-refractivity contribution in [3.8, 4) is 0 Å². The van der Waals surface area contributed by atoms with Crippen LogP contribution in [0.3, 0.4) is 0 Å². The molecule has 5 rings (SSSR count). The summed E-state index contributed by atoms with van der Waals surface area (Å²) in [6, 6.07) is 9.28. The van der Waals surface area contributed by atoms with Crippen LogP contribution in [0.5, 0.6) is 0 Å². The monoisotopic (exact) mass is 513 g/mol. The number of carbonyl (C=O) groups excluding carboxylic acids is 3. The second kappa shape index (κ2) is 9.40. The van der Waals surface area contributed by atoms with Crippen LogP contribution in [0.4, 0.5) is 4.39 Å². The lowest BCUT2D eigenvalue weighted by molar-refractivity contribution is -0.136. The van der Waals surface area contributed by atoms with Gasteiger partial charge in [0.2, 0.25) is 21.8 Å². The summed E-state index contributed by atoms with van der Waals surface area (Å²) in [5, 5.41) is 2.27. The highest BCUT2D eigenvalue weighted by molar-refractivity contribution is 7.88. The molecule has 36 heavy (non-hydrogen) atoms. The van der Waals surface area contributed by atoms with E-state index in [1.54, 1.807) is 0 Å². The second-order valence-electron chi connectivity index (χ2n) is 9.84. The SMILES string of the molecule is Cc1ccc(CS(=O)(=O)N2CCC(c3cc(F)cc4c3CN(C3CCC(=O)NC3=O)C4=O)CC2)cc1. The maximum atomic E-state index is 14.6. The molecule has 0 radical (unpaired) electrons. The number of benzene rings is 2. The first-order valence-corrected chi connectivity index (χ1v) is 13.7. The largest absolute Gasteiger partial charge is 0.322 e. The van der Waals surface area contributed by atoms with Crippen molar-refractivity contribution in [1.29, 1.82) is 0 Å². The summed E-state index contributed by atoms with van der Waals surface area (Å²) in [6.45, 7) is 2.75. The van der Waals surface area contributed by atoms with Gasteiger partial charge in [0.1, 0.15) is 11.9 Å². The number of hydrogen-bond donors (Lipinski definition) is 1. The van der Waals surface area contributed by atoms with Crippen LogP contribution in [-0.4, -0.2) is 54.5 Å². The van der Waals surface area contributed by atoms with Crippen molar-refractivity contribution in [1.82, 2.24) is 14.5 Å². The number of aryl methyl sites for hydroxylation is 1. The summed E-state index contributed by atoms with van der Waals surface area (Å²) in [7, 11) is -3.49. The van der Waals surface area contributed by atoms with Gasteiger partial charge in [0.05, 0.1) is 5.75 Å². The Kier molecular flexibility index (Phi) is 6.42. The fourth-order valence-corrected chi connectivity index (χ4v) is 7.01. The average Bonchev–Trinajstić information content (AvgIpc) is 3.16. The highest BCUT2D eigenvalue weighted by atomic mass is 32.2. The Labute approximate surface area is 209 Å². The highest BCUT2D eigenvalue weighted by Gasteiger charge is 2.41. The predicted octanol–water partition coefficient (Wildman–Crippen LogP) is 2.60. The first kappa shape index (κ1) is 24.6. The van der Waals surface area contributed by atoms with Crippen molar-refractivity contribution in [3.05, 3.63) is 70.0 Å². The van der Waals surface area contributed by atoms with Gasteiger partial charge in [-0.15, -0.1) is 0 Å².